The lowest BCUT2D eigenvalue weighted by Crippen LogP contribution is -2.08. The smallest absolute Gasteiger partial charge is 0.0429 e. The highest BCUT2D eigenvalue weighted by Gasteiger charge is 2.20. The molecule has 0 saturated heterocycles. The fourth-order valence-corrected chi connectivity index (χ4v) is 3.85. The predicted octanol–water partition coefficient (Wildman–Crippen LogP) is 6.49. The summed E-state index contributed by atoms with van der Waals surface area (Å²) in [4.78, 5) is 0.471. The molecule has 102 valence electrons. The monoisotopic (exact) mass is 318 g/mol. The maximum atomic E-state index is 3.98. The Morgan fingerprint density at radius 3 is 2.21 bits per heavy atom. The molecule has 2 aromatic rings. The molecule has 0 aromatic heterocycles. The topological polar surface area (TPSA) is 0 Å². The molecule has 0 aliphatic carbocycles. The zero-order valence-corrected chi connectivity index (χ0v) is 13.5. The van der Waals surface area contributed by atoms with Crippen molar-refractivity contribution in [2.24, 2.45) is 5.92 Å². The molecule has 0 radical (unpaired) electrons. The SMILES string of the molecule is CCCC(CCC)C(Br)c1cccc2ccccc12. The third-order valence-electron chi connectivity index (χ3n) is 3.85. The van der Waals surface area contributed by atoms with Crippen LogP contribution in [0.15, 0.2) is 42.5 Å². The molecule has 0 nitrogen and oxygen atoms in total. The fraction of sp³-hybridized carbons (Fsp3) is 0.444. The van der Waals surface area contributed by atoms with Gasteiger partial charge in [0, 0.05) is 4.83 Å². The Kier molecular flexibility index (Phi) is 5.45. The molecule has 1 atom stereocenters. The maximum absolute atomic E-state index is 3.98. The number of hydrogen-bond acceptors (Lipinski definition) is 0. The van der Waals surface area contributed by atoms with Gasteiger partial charge in [0.1, 0.15) is 0 Å². The van der Waals surface area contributed by atoms with E-state index in [9.17, 15) is 0 Å². The summed E-state index contributed by atoms with van der Waals surface area (Å²) in [6.07, 6.45) is 5.12. The standard InChI is InChI=1S/C18H23Br/c1-3-8-15(9-4-2)18(19)17-13-7-11-14-10-5-6-12-16(14)17/h5-7,10-13,15,18H,3-4,8-9H2,1-2H3. The molecule has 0 heterocycles. The lowest BCUT2D eigenvalue weighted by atomic mass is 9.89. The van der Waals surface area contributed by atoms with E-state index in [1.165, 1.54) is 42.0 Å². The molecule has 0 N–H and O–H groups in total. The second kappa shape index (κ2) is 7.09. The zero-order valence-electron chi connectivity index (χ0n) is 11.9. The van der Waals surface area contributed by atoms with Gasteiger partial charge in [-0.25, -0.2) is 0 Å². The second-order valence-corrected chi connectivity index (χ2v) is 6.29. The number of alkyl halides is 1. The van der Waals surface area contributed by atoms with E-state index in [0.717, 1.165) is 5.92 Å². The third kappa shape index (κ3) is 3.39. The van der Waals surface area contributed by atoms with Crippen LogP contribution in [-0.4, -0.2) is 0 Å². The van der Waals surface area contributed by atoms with Gasteiger partial charge in [0.15, 0.2) is 0 Å². The van der Waals surface area contributed by atoms with Crippen molar-refractivity contribution in [3.8, 4) is 0 Å². The van der Waals surface area contributed by atoms with Gasteiger partial charge in [0.05, 0.1) is 0 Å². The molecule has 0 bridgehead atoms. The molecule has 0 saturated carbocycles. The van der Waals surface area contributed by atoms with Gasteiger partial charge >= 0.3 is 0 Å². The van der Waals surface area contributed by atoms with Gasteiger partial charge in [-0.2, -0.15) is 0 Å². The largest absolute Gasteiger partial charge is 0.0836 e. The summed E-state index contributed by atoms with van der Waals surface area (Å²) in [5.74, 6) is 0.737. The van der Waals surface area contributed by atoms with Gasteiger partial charge in [0.25, 0.3) is 0 Å². The van der Waals surface area contributed by atoms with E-state index in [0.29, 0.717) is 4.83 Å². The van der Waals surface area contributed by atoms with Crippen molar-refractivity contribution >= 4 is 26.7 Å². The van der Waals surface area contributed by atoms with Crippen LogP contribution in [0.5, 0.6) is 0 Å². The third-order valence-corrected chi connectivity index (χ3v) is 5.09. The molecule has 1 unspecified atom stereocenters. The number of benzene rings is 2. The molecular formula is C18H23Br. The summed E-state index contributed by atoms with van der Waals surface area (Å²) >= 11 is 3.98. The first-order chi connectivity index (χ1) is 9.27. The van der Waals surface area contributed by atoms with E-state index < -0.39 is 0 Å². The molecule has 1 heteroatoms. The Hall–Kier alpha value is -0.820. The van der Waals surface area contributed by atoms with Crippen LogP contribution in [0, 0.1) is 5.92 Å². The van der Waals surface area contributed by atoms with Gasteiger partial charge in [-0.15, -0.1) is 0 Å². The summed E-state index contributed by atoms with van der Waals surface area (Å²) in [5, 5.41) is 2.74. The quantitative estimate of drug-likeness (QED) is 0.534. The summed E-state index contributed by atoms with van der Waals surface area (Å²) in [6.45, 7) is 4.57. The second-order valence-electron chi connectivity index (χ2n) is 5.31. The Morgan fingerprint density at radius 2 is 1.53 bits per heavy atom. The first kappa shape index (κ1) is 14.6. The van der Waals surface area contributed by atoms with Crippen molar-refractivity contribution in [2.75, 3.05) is 0 Å². The number of rotatable bonds is 6. The highest BCUT2D eigenvalue weighted by molar-refractivity contribution is 9.09. The van der Waals surface area contributed by atoms with E-state index in [1.54, 1.807) is 0 Å². The highest BCUT2D eigenvalue weighted by Crippen LogP contribution is 2.39. The Balaban J connectivity index is 2.36. The molecule has 19 heavy (non-hydrogen) atoms. The minimum absolute atomic E-state index is 0.471. The van der Waals surface area contributed by atoms with Crippen LogP contribution in [0.1, 0.15) is 49.9 Å². The van der Waals surface area contributed by atoms with Crippen molar-refractivity contribution in [1.29, 1.82) is 0 Å². The van der Waals surface area contributed by atoms with Gasteiger partial charge in [-0.1, -0.05) is 85.1 Å². The average molecular weight is 319 g/mol. The molecule has 2 aromatic carbocycles. The first-order valence-electron chi connectivity index (χ1n) is 7.39. The predicted molar refractivity (Wildman–Crippen MR) is 88.9 cm³/mol. The lowest BCUT2D eigenvalue weighted by Gasteiger charge is -2.23. The molecule has 0 aliphatic heterocycles. The van der Waals surface area contributed by atoms with Gasteiger partial charge in [-0.05, 0) is 35.1 Å². The number of hydrogen-bond donors (Lipinski definition) is 0. The van der Waals surface area contributed by atoms with Crippen LogP contribution >= 0.6 is 15.9 Å². The summed E-state index contributed by atoms with van der Waals surface area (Å²) < 4.78 is 0. The van der Waals surface area contributed by atoms with E-state index in [-0.39, 0.29) is 0 Å². The normalized spacial score (nSPS) is 13.1. The van der Waals surface area contributed by atoms with Crippen LogP contribution in [0.3, 0.4) is 0 Å². The summed E-state index contributed by atoms with van der Waals surface area (Å²) in [6, 6.07) is 15.4. The molecule has 0 spiro atoms. The van der Waals surface area contributed by atoms with Crippen LogP contribution in [0.25, 0.3) is 10.8 Å². The number of fused-ring (bicyclic) bond motifs is 1. The van der Waals surface area contributed by atoms with Crippen molar-refractivity contribution < 1.29 is 0 Å². The summed E-state index contributed by atoms with van der Waals surface area (Å²) in [7, 11) is 0. The minimum atomic E-state index is 0.471. The van der Waals surface area contributed by atoms with E-state index in [1.807, 2.05) is 0 Å². The van der Waals surface area contributed by atoms with Crippen molar-refractivity contribution in [3.05, 3.63) is 48.0 Å². The van der Waals surface area contributed by atoms with Crippen LogP contribution in [0.4, 0.5) is 0 Å². The van der Waals surface area contributed by atoms with E-state index in [2.05, 4.69) is 72.2 Å². The fourth-order valence-electron chi connectivity index (χ4n) is 2.92. The Labute approximate surface area is 125 Å². The van der Waals surface area contributed by atoms with Crippen molar-refractivity contribution in [3.63, 3.8) is 0 Å². The molecule has 0 amide bonds. The van der Waals surface area contributed by atoms with E-state index in [4.69, 9.17) is 0 Å². The molecule has 0 fully saturated rings. The van der Waals surface area contributed by atoms with E-state index >= 15 is 0 Å². The van der Waals surface area contributed by atoms with Gasteiger partial charge in [-0.3, -0.25) is 0 Å². The maximum Gasteiger partial charge on any atom is 0.0429 e. The number of halogens is 1. The Morgan fingerprint density at radius 1 is 0.895 bits per heavy atom. The van der Waals surface area contributed by atoms with Crippen LogP contribution in [-0.2, 0) is 0 Å². The lowest BCUT2D eigenvalue weighted by molar-refractivity contribution is 0.436. The zero-order chi connectivity index (χ0) is 13.7. The average Bonchev–Trinajstić information content (AvgIpc) is 2.46. The molecule has 2 rings (SSSR count). The van der Waals surface area contributed by atoms with Crippen molar-refractivity contribution in [1.82, 2.24) is 0 Å². The van der Waals surface area contributed by atoms with Crippen LogP contribution in [0.2, 0.25) is 0 Å². The highest BCUT2D eigenvalue weighted by atomic mass is 79.9. The Bertz CT molecular complexity index is 507. The molecule has 0 aliphatic rings. The summed E-state index contributed by atoms with van der Waals surface area (Å²) in [5.41, 5.74) is 1.45. The minimum Gasteiger partial charge on any atom is -0.0836 e. The van der Waals surface area contributed by atoms with Gasteiger partial charge < -0.3 is 0 Å². The van der Waals surface area contributed by atoms with Gasteiger partial charge in [0.2, 0.25) is 0 Å². The first-order valence-corrected chi connectivity index (χ1v) is 8.31. The van der Waals surface area contributed by atoms with Crippen molar-refractivity contribution in [2.45, 2.75) is 44.4 Å². The van der Waals surface area contributed by atoms with Crippen LogP contribution < -0.4 is 0 Å². The molecular weight excluding hydrogens is 296 g/mol.